The lowest BCUT2D eigenvalue weighted by Crippen LogP contribution is -2.32. The number of allylic oxidation sites excluding steroid dienone is 2. The van der Waals surface area contributed by atoms with Crippen molar-refractivity contribution in [1.82, 2.24) is 14.1 Å². The Morgan fingerprint density at radius 2 is 2.04 bits per heavy atom. The van der Waals surface area contributed by atoms with Crippen molar-refractivity contribution in [2.75, 3.05) is 7.11 Å². The zero-order valence-electron chi connectivity index (χ0n) is 15.9. The molecular formula is C19H22N4O4S. The molecule has 9 heteroatoms. The van der Waals surface area contributed by atoms with Gasteiger partial charge in [0.15, 0.2) is 6.10 Å². The largest absolute Gasteiger partial charge is 0.367 e. The number of nitrogens with zero attached hydrogens (tertiary/aromatic N) is 3. The molecule has 0 aliphatic carbocycles. The van der Waals surface area contributed by atoms with E-state index in [0.717, 1.165) is 21.4 Å². The molecule has 28 heavy (non-hydrogen) atoms. The van der Waals surface area contributed by atoms with Crippen LogP contribution in [0.3, 0.4) is 0 Å². The van der Waals surface area contributed by atoms with Gasteiger partial charge in [-0.1, -0.05) is 30.3 Å². The first kappa shape index (κ1) is 20.0. The van der Waals surface area contributed by atoms with Crippen molar-refractivity contribution in [3.8, 4) is 0 Å². The van der Waals surface area contributed by atoms with Crippen LogP contribution in [0.5, 0.6) is 0 Å². The number of fused-ring (bicyclic) bond motifs is 1. The highest BCUT2D eigenvalue weighted by molar-refractivity contribution is 7.94. The third-order valence-electron chi connectivity index (χ3n) is 4.77. The van der Waals surface area contributed by atoms with Crippen molar-refractivity contribution < 1.29 is 17.9 Å². The van der Waals surface area contributed by atoms with Gasteiger partial charge in [-0.05, 0) is 25.0 Å². The third kappa shape index (κ3) is 3.38. The molecule has 1 aromatic heterocycles. The van der Waals surface area contributed by atoms with E-state index in [4.69, 9.17) is 10.1 Å². The average molecular weight is 402 g/mol. The van der Waals surface area contributed by atoms with E-state index < -0.39 is 16.1 Å². The summed E-state index contributed by atoms with van der Waals surface area (Å²) in [4.78, 5) is 14.4. The van der Waals surface area contributed by atoms with Crippen LogP contribution in [-0.2, 0) is 32.6 Å². The minimum absolute atomic E-state index is 0.138. The van der Waals surface area contributed by atoms with Crippen molar-refractivity contribution in [3.05, 3.63) is 63.8 Å². The molecule has 1 atom stereocenters. The van der Waals surface area contributed by atoms with Crippen LogP contribution in [0, 0.1) is 12.3 Å². The Balaban J connectivity index is 1.82. The summed E-state index contributed by atoms with van der Waals surface area (Å²) in [5, 5.41) is 11.4. The minimum Gasteiger partial charge on any atom is -0.367 e. The number of ether oxygens (including phenoxy) is 1. The van der Waals surface area contributed by atoms with Gasteiger partial charge in [-0.15, -0.1) is 0 Å². The van der Waals surface area contributed by atoms with E-state index in [1.807, 2.05) is 31.2 Å². The monoisotopic (exact) mass is 402 g/mol. The normalized spacial score (nSPS) is 15.4. The van der Waals surface area contributed by atoms with Gasteiger partial charge in [0.25, 0.3) is 15.9 Å². The Morgan fingerprint density at radius 3 is 2.61 bits per heavy atom. The highest BCUT2D eigenvalue weighted by atomic mass is 32.2. The second kappa shape index (κ2) is 7.69. The molecular weight excluding hydrogens is 380 g/mol. The first-order valence-electron chi connectivity index (χ1n) is 8.70. The standard InChI is InChI=1S/C19H22N4O4S/c1-4-15(9-20)28(25,26)23-11-14-10-22(12-17(14)21-23)19(24)18(27-3)16-8-6-5-7-13(16)2/h4-9,11,18,20H,10,12H2,1-3H3/b15-4+,20-9?. The van der Waals surface area contributed by atoms with Crippen LogP contribution in [0.4, 0.5) is 0 Å². The molecule has 148 valence electrons. The van der Waals surface area contributed by atoms with Crippen molar-refractivity contribution in [1.29, 1.82) is 5.41 Å². The molecule has 2 aromatic rings. The number of carbonyl (C=O) groups is 1. The van der Waals surface area contributed by atoms with Crippen LogP contribution >= 0.6 is 0 Å². The van der Waals surface area contributed by atoms with E-state index in [2.05, 4.69) is 5.10 Å². The quantitative estimate of drug-likeness (QED) is 0.746. The summed E-state index contributed by atoms with van der Waals surface area (Å²) < 4.78 is 31.3. The first-order valence-corrected chi connectivity index (χ1v) is 10.1. The Labute approximate surface area is 164 Å². The molecule has 1 amide bonds. The summed E-state index contributed by atoms with van der Waals surface area (Å²) in [6.07, 6.45) is 2.80. The molecule has 1 aliphatic rings. The maximum absolute atomic E-state index is 13.0. The smallest absolute Gasteiger partial charge is 0.284 e. The lowest BCUT2D eigenvalue weighted by atomic mass is 10.0. The van der Waals surface area contributed by atoms with Crippen LogP contribution in [0.2, 0.25) is 0 Å². The predicted octanol–water partition coefficient (Wildman–Crippen LogP) is 2.15. The maximum atomic E-state index is 13.0. The summed E-state index contributed by atoms with van der Waals surface area (Å²) in [6, 6.07) is 7.54. The first-order chi connectivity index (χ1) is 13.3. The van der Waals surface area contributed by atoms with Gasteiger partial charge in [0.2, 0.25) is 0 Å². The zero-order chi connectivity index (χ0) is 20.5. The second-order valence-corrected chi connectivity index (χ2v) is 8.28. The Morgan fingerprint density at radius 1 is 1.32 bits per heavy atom. The average Bonchev–Trinajstić information content (AvgIpc) is 3.24. The molecule has 8 nitrogen and oxygen atoms in total. The summed E-state index contributed by atoms with van der Waals surface area (Å²) in [5.41, 5.74) is 2.95. The van der Waals surface area contributed by atoms with Gasteiger partial charge in [-0.25, -0.2) is 0 Å². The van der Waals surface area contributed by atoms with E-state index >= 15 is 0 Å². The van der Waals surface area contributed by atoms with Crippen molar-refractivity contribution >= 4 is 22.1 Å². The highest BCUT2D eigenvalue weighted by Gasteiger charge is 2.34. The molecule has 0 spiro atoms. The van der Waals surface area contributed by atoms with Gasteiger partial charge >= 0.3 is 0 Å². The Bertz CT molecular complexity index is 1030. The molecule has 0 saturated carbocycles. The van der Waals surface area contributed by atoms with Crippen LogP contribution in [0.25, 0.3) is 0 Å². The van der Waals surface area contributed by atoms with E-state index in [0.29, 0.717) is 11.3 Å². The van der Waals surface area contributed by atoms with Crippen molar-refractivity contribution in [3.63, 3.8) is 0 Å². The number of amides is 1. The number of methoxy groups -OCH3 is 1. The minimum atomic E-state index is -3.89. The second-order valence-electron chi connectivity index (χ2n) is 6.48. The highest BCUT2D eigenvalue weighted by Crippen LogP contribution is 2.29. The fourth-order valence-corrected chi connectivity index (χ4v) is 4.36. The van der Waals surface area contributed by atoms with E-state index in [-0.39, 0.29) is 23.9 Å². The van der Waals surface area contributed by atoms with Crippen LogP contribution < -0.4 is 0 Å². The molecule has 2 heterocycles. The molecule has 0 radical (unpaired) electrons. The number of aryl methyl sites for hydroxylation is 1. The van der Waals surface area contributed by atoms with E-state index in [1.165, 1.54) is 19.4 Å². The number of carbonyl (C=O) groups excluding carboxylic acids is 1. The van der Waals surface area contributed by atoms with Gasteiger partial charge < -0.3 is 15.0 Å². The number of benzene rings is 1. The fourth-order valence-electron chi connectivity index (χ4n) is 3.23. The van der Waals surface area contributed by atoms with E-state index in [1.54, 1.807) is 11.8 Å². The summed E-state index contributed by atoms with van der Waals surface area (Å²) in [5.74, 6) is -0.196. The molecule has 0 fully saturated rings. The van der Waals surface area contributed by atoms with Gasteiger partial charge in [-0.3, -0.25) is 4.79 Å². The van der Waals surface area contributed by atoms with Crippen LogP contribution in [0.15, 0.2) is 41.4 Å². The van der Waals surface area contributed by atoms with E-state index in [9.17, 15) is 13.2 Å². The lowest BCUT2D eigenvalue weighted by molar-refractivity contribution is -0.143. The number of rotatable bonds is 6. The predicted molar refractivity (Wildman–Crippen MR) is 104 cm³/mol. The molecule has 1 aromatic carbocycles. The molecule has 1 N–H and O–H groups in total. The van der Waals surface area contributed by atoms with Gasteiger partial charge in [0.05, 0.1) is 12.2 Å². The third-order valence-corrected chi connectivity index (χ3v) is 6.40. The summed E-state index contributed by atoms with van der Waals surface area (Å²) >= 11 is 0. The molecule has 0 bridgehead atoms. The molecule has 1 unspecified atom stereocenters. The lowest BCUT2D eigenvalue weighted by Gasteiger charge is -2.23. The van der Waals surface area contributed by atoms with Crippen LogP contribution in [-0.4, -0.2) is 41.7 Å². The van der Waals surface area contributed by atoms with Crippen molar-refractivity contribution in [2.24, 2.45) is 0 Å². The topological polar surface area (TPSA) is 105 Å². The van der Waals surface area contributed by atoms with Gasteiger partial charge in [0, 0.05) is 31.6 Å². The Hall–Kier alpha value is -2.78. The van der Waals surface area contributed by atoms with Gasteiger partial charge in [0.1, 0.15) is 4.91 Å². The fraction of sp³-hybridized carbons (Fsp3) is 0.316. The number of nitrogens with one attached hydrogen (secondary N) is 1. The molecule has 3 rings (SSSR count). The maximum Gasteiger partial charge on any atom is 0.284 e. The molecule has 1 aliphatic heterocycles. The van der Waals surface area contributed by atoms with Gasteiger partial charge in [-0.2, -0.15) is 17.6 Å². The number of hydrogen-bond acceptors (Lipinski definition) is 6. The summed E-state index contributed by atoms with van der Waals surface area (Å²) in [6.45, 7) is 3.93. The SMILES string of the molecule is C/C=C(\C=N)S(=O)(=O)n1cc2c(n1)CN(C(=O)C(OC)c1ccccc1C)C2. The number of hydrogen-bond donors (Lipinski definition) is 1. The zero-order valence-corrected chi connectivity index (χ0v) is 16.7. The Kier molecular flexibility index (Phi) is 5.48. The van der Waals surface area contributed by atoms with Crippen LogP contribution in [0.1, 0.15) is 35.4 Å². The van der Waals surface area contributed by atoms with Crippen molar-refractivity contribution in [2.45, 2.75) is 33.0 Å². The summed E-state index contributed by atoms with van der Waals surface area (Å²) in [7, 11) is -2.40. The number of aromatic nitrogens is 2. The molecule has 0 saturated heterocycles.